The lowest BCUT2D eigenvalue weighted by Gasteiger charge is -2.23. The highest BCUT2D eigenvalue weighted by atomic mass is 16.5. The average Bonchev–Trinajstić information content (AvgIpc) is 3.31. The third-order valence-corrected chi connectivity index (χ3v) is 5.82. The molecule has 0 aromatic heterocycles. The van der Waals surface area contributed by atoms with Gasteiger partial charge in [-0.2, -0.15) is 0 Å². The first-order valence-corrected chi connectivity index (χ1v) is 11.0. The van der Waals surface area contributed by atoms with Crippen LogP contribution in [0.3, 0.4) is 0 Å². The smallest absolute Gasteiger partial charge is 0.314 e. The molecule has 3 unspecified atom stereocenters. The molecular formula is C26H31NO7. The molecule has 0 fully saturated rings. The Labute approximate surface area is 199 Å². The fraction of sp³-hybridized carbons (Fsp3) is 0.385. The lowest BCUT2D eigenvalue weighted by molar-refractivity contribution is -0.146. The molecule has 2 aromatic rings. The number of rotatable bonds is 10. The molecule has 0 heterocycles. The second-order valence-electron chi connectivity index (χ2n) is 7.77. The van der Waals surface area contributed by atoms with Gasteiger partial charge in [-0.25, -0.2) is 0 Å². The predicted octanol–water partition coefficient (Wildman–Crippen LogP) is 3.74. The molecule has 8 nitrogen and oxygen atoms in total. The molecule has 0 spiro atoms. The zero-order chi connectivity index (χ0) is 24.7. The maximum Gasteiger partial charge on any atom is 0.314 e. The van der Waals surface area contributed by atoms with Gasteiger partial charge in [-0.1, -0.05) is 18.2 Å². The van der Waals surface area contributed by atoms with Gasteiger partial charge in [0, 0.05) is 12.1 Å². The van der Waals surface area contributed by atoms with Gasteiger partial charge in [0.05, 0.1) is 46.5 Å². The van der Waals surface area contributed by atoms with Crippen molar-refractivity contribution >= 4 is 11.9 Å². The van der Waals surface area contributed by atoms with Gasteiger partial charge in [-0.15, -0.1) is 0 Å². The van der Waals surface area contributed by atoms with Gasteiger partial charge in [0.15, 0.2) is 11.5 Å². The Bertz CT molecular complexity index is 1050. The summed E-state index contributed by atoms with van der Waals surface area (Å²) in [7, 11) is 6.17. The van der Waals surface area contributed by atoms with Crippen molar-refractivity contribution in [3.8, 4) is 23.0 Å². The van der Waals surface area contributed by atoms with Crippen molar-refractivity contribution in [2.75, 3.05) is 35.0 Å². The Morgan fingerprint density at radius 3 is 2.29 bits per heavy atom. The summed E-state index contributed by atoms with van der Waals surface area (Å²) in [5.74, 6) is 0.823. The van der Waals surface area contributed by atoms with Gasteiger partial charge >= 0.3 is 5.97 Å². The minimum Gasteiger partial charge on any atom is -0.497 e. The van der Waals surface area contributed by atoms with E-state index in [1.54, 1.807) is 58.6 Å². The topological polar surface area (TPSA) is 92.3 Å². The Morgan fingerprint density at radius 1 is 0.912 bits per heavy atom. The van der Waals surface area contributed by atoms with Crippen LogP contribution in [0.5, 0.6) is 23.0 Å². The quantitative estimate of drug-likeness (QED) is 0.419. The standard InChI is InChI=1S/C26H31NO7/c1-6-34-26(29)24(17-8-12-21(31-3)23(14-17)33-5)16-7-9-18(13-16)27-25(28)20-11-10-19(30-2)15-22(20)32-4/h7-12,14-16,18,24H,6,13H2,1-5H3,(H,27,28). The highest BCUT2D eigenvalue weighted by Gasteiger charge is 2.35. The summed E-state index contributed by atoms with van der Waals surface area (Å²) in [6.45, 7) is 2.05. The van der Waals surface area contributed by atoms with E-state index in [0.717, 1.165) is 5.56 Å². The third kappa shape index (κ3) is 5.44. The van der Waals surface area contributed by atoms with Crippen LogP contribution >= 0.6 is 0 Å². The van der Waals surface area contributed by atoms with Crippen LogP contribution in [0.15, 0.2) is 48.6 Å². The number of esters is 1. The van der Waals surface area contributed by atoms with E-state index in [9.17, 15) is 9.59 Å². The second kappa shape index (κ2) is 11.4. The average molecular weight is 470 g/mol. The van der Waals surface area contributed by atoms with Gasteiger partial charge in [0.2, 0.25) is 0 Å². The summed E-state index contributed by atoms with van der Waals surface area (Å²) in [5, 5.41) is 3.01. The van der Waals surface area contributed by atoms with Crippen molar-refractivity contribution in [1.82, 2.24) is 5.32 Å². The molecule has 3 atom stereocenters. The van der Waals surface area contributed by atoms with Crippen LogP contribution in [-0.2, 0) is 9.53 Å². The molecule has 0 bridgehead atoms. The molecule has 1 N–H and O–H groups in total. The maximum absolute atomic E-state index is 12.9. The molecular weight excluding hydrogens is 438 g/mol. The number of hydrogen-bond donors (Lipinski definition) is 1. The number of methoxy groups -OCH3 is 4. The van der Waals surface area contributed by atoms with E-state index >= 15 is 0 Å². The first kappa shape index (κ1) is 25.0. The first-order valence-electron chi connectivity index (χ1n) is 11.0. The van der Waals surface area contributed by atoms with E-state index < -0.39 is 5.92 Å². The molecule has 0 radical (unpaired) electrons. The summed E-state index contributed by atoms with van der Waals surface area (Å²) in [6, 6.07) is 10.2. The highest BCUT2D eigenvalue weighted by molar-refractivity contribution is 5.97. The minimum atomic E-state index is -0.548. The fourth-order valence-electron chi connectivity index (χ4n) is 4.15. The Morgan fingerprint density at radius 2 is 1.65 bits per heavy atom. The van der Waals surface area contributed by atoms with Crippen molar-refractivity contribution in [2.24, 2.45) is 5.92 Å². The predicted molar refractivity (Wildman–Crippen MR) is 127 cm³/mol. The summed E-state index contributed by atoms with van der Waals surface area (Å²) < 4.78 is 26.7. The lowest BCUT2D eigenvalue weighted by Crippen LogP contribution is -2.34. The van der Waals surface area contributed by atoms with E-state index in [1.807, 2.05) is 18.2 Å². The Hall–Kier alpha value is -3.68. The summed E-state index contributed by atoms with van der Waals surface area (Å²) in [5.41, 5.74) is 1.16. The van der Waals surface area contributed by atoms with Crippen molar-refractivity contribution in [3.05, 3.63) is 59.7 Å². The largest absolute Gasteiger partial charge is 0.497 e. The van der Waals surface area contributed by atoms with Crippen molar-refractivity contribution in [1.29, 1.82) is 0 Å². The van der Waals surface area contributed by atoms with Gasteiger partial charge in [-0.3, -0.25) is 9.59 Å². The second-order valence-corrected chi connectivity index (χ2v) is 7.77. The van der Waals surface area contributed by atoms with Crippen LogP contribution in [-0.4, -0.2) is 53.0 Å². The van der Waals surface area contributed by atoms with E-state index in [0.29, 0.717) is 35.0 Å². The molecule has 0 aliphatic heterocycles. The molecule has 0 saturated heterocycles. The van der Waals surface area contributed by atoms with Crippen molar-refractivity contribution in [2.45, 2.75) is 25.3 Å². The van der Waals surface area contributed by atoms with Crippen LogP contribution in [0.4, 0.5) is 0 Å². The van der Waals surface area contributed by atoms with Gasteiger partial charge in [0.25, 0.3) is 5.91 Å². The Balaban J connectivity index is 1.78. The number of ether oxygens (including phenoxy) is 5. The molecule has 3 rings (SSSR count). The first-order chi connectivity index (χ1) is 16.4. The van der Waals surface area contributed by atoms with E-state index in [1.165, 1.54) is 7.11 Å². The third-order valence-electron chi connectivity index (χ3n) is 5.82. The summed E-state index contributed by atoms with van der Waals surface area (Å²) >= 11 is 0. The van der Waals surface area contributed by atoms with Crippen LogP contribution in [0.25, 0.3) is 0 Å². The van der Waals surface area contributed by atoms with E-state index in [-0.39, 0.29) is 30.4 Å². The molecule has 1 aliphatic carbocycles. The van der Waals surface area contributed by atoms with Gasteiger partial charge in [-0.05, 0) is 49.1 Å². The van der Waals surface area contributed by atoms with Gasteiger partial charge < -0.3 is 29.0 Å². The minimum absolute atomic E-state index is 0.166. The van der Waals surface area contributed by atoms with Crippen LogP contribution in [0.2, 0.25) is 0 Å². The number of amides is 1. The number of carbonyl (C=O) groups is 2. The molecule has 8 heteroatoms. The zero-order valence-corrected chi connectivity index (χ0v) is 20.1. The zero-order valence-electron chi connectivity index (χ0n) is 20.1. The van der Waals surface area contributed by atoms with Crippen LogP contribution in [0.1, 0.15) is 35.2 Å². The molecule has 34 heavy (non-hydrogen) atoms. The number of benzene rings is 2. The molecule has 2 aromatic carbocycles. The van der Waals surface area contributed by atoms with Crippen molar-refractivity contribution < 1.29 is 33.3 Å². The number of nitrogens with one attached hydrogen (secondary N) is 1. The molecule has 1 aliphatic rings. The monoisotopic (exact) mass is 469 g/mol. The molecule has 1 amide bonds. The van der Waals surface area contributed by atoms with E-state index in [4.69, 9.17) is 23.7 Å². The normalized spacial score (nSPS) is 17.6. The SMILES string of the molecule is CCOC(=O)C(c1ccc(OC)c(OC)c1)C1C=CC(NC(=O)c2ccc(OC)cc2OC)C1. The van der Waals surface area contributed by atoms with Crippen LogP contribution < -0.4 is 24.3 Å². The summed E-state index contributed by atoms with van der Waals surface area (Å²) in [6.07, 6.45) is 4.40. The highest BCUT2D eigenvalue weighted by Crippen LogP contribution is 2.38. The van der Waals surface area contributed by atoms with Gasteiger partial charge in [0.1, 0.15) is 11.5 Å². The molecule has 0 saturated carbocycles. The maximum atomic E-state index is 12.9. The fourth-order valence-corrected chi connectivity index (χ4v) is 4.15. The van der Waals surface area contributed by atoms with Crippen LogP contribution in [0, 0.1) is 5.92 Å². The summed E-state index contributed by atoms with van der Waals surface area (Å²) in [4.78, 5) is 25.9. The number of carbonyl (C=O) groups excluding carboxylic acids is 2. The molecule has 182 valence electrons. The van der Waals surface area contributed by atoms with Crippen molar-refractivity contribution in [3.63, 3.8) is 0 Å². The number of allylic oxidation sites excluding steroid dienone is 1. The lowest BCUT2D eigenvalue weighted by atomic mass is 9.85. The Kier molecular flexibility index (Phi) is 8.40. The number of hydrogen-bond acceptors (Lipinski definition) is 7. The van der Waals surface area contributed by atoms with E-state index in [2.05, 4.69) is 5.32 Å².